The van der Waals surface area contributed by atoms with E-state index in [0.717, 1.165) is 5.39 Å². The van der Waals surface area contributed by atoms with Gasteiger partial charge in [-0.1, -0.05) is 24.3 Å². The van der Waals surface area contributed by atoms with Crippen molar-refractivity contribution in [3.8, 4) is 17.2 Å². The van der Waals surface area contributed by atoms with Crippen LogP contribution in [-0.2, 0) is 4.79 Å². The molecule has 2 aromatic carbocycles. The molecule has 0 unspecified atom stereocenters. The number of nitrogens with one attached hydrogen (secondary N) is 1. The highest BCUT2D eigenvalue weighted by atomic mass is 19.1. The van der Waals surface area contributed by atoms with Crippen LogP contribution in [0.5, 0.6) is 0 Å². The summed E-state index contributed by atoms with van der Waals surface area (Å²) in [6.45, 7) is 0.449. The summed E-state index contributed by atoms with van der Waals surface area (Å²) in [5.41, 5.74) is 1.79. The average Bonchev–Trinajstić information content (AvgIpc) is 2.64. The van der Waals surface area contributed by atoms with Gasteiger partial charge in [0.05, 0.1) is 11.6 Å². The van der Waals surface area contributed by atoms with Gasteiger partial charge < -0.3 is 10.4 Å². The van der Waals surface area contributed by atoms with Crippen molar-refractivity contribution in [2.45, 2.75) is 12.8 Å². The summed E-state index contributed by atoms with van der Waals surface area (Å²) in [6.07, 6.45) is 2.13. The van der Waals surface area contributed by atoms with E-state index < -0.39 is 5.97 Å². The van der Waals surface area contributed by atoms with Crippen LogP contribution in [0.3, 0.4) is 0 Å². The molecule has 5 nitrogen and oxygen atoms in total. The minimum absolute atomic E-state index is 0.0652. The van der Waals surface area contributed by atoms with Crippen LogP contribution in [0.2, 0.25) is 0 Å². The summed E-state index contributed by atoms with van der Waals surface area (Å²) in [5.74, 6) is -0.638. The highest BCUT2D eigenvalue weighted by Gasteiger charge is 2.13. The summed E-state index contributed by atoms with van der Waals surface area (Å²) >= 11 is 0. The molecular formula is C20H16FN3O2. The number of benzene rings is 2. The molecule has 0 radical (unpaired) electrons. The average molecular weight is 349 g/mol. The third-order valence-electron chi connectivity index (χ3n) is 4.03. The predicted molar refractivity (Wildman–Crippen MR) is 97.2 cm³/mol. The zero-order chi connectivity index (χ0) is 18.5. The number of hydrogen-bond acceptors (Lipinski definition) is 4. The van der Waals surface area contributed by atoms with Gasteiger partial charge in [-0.05, 0) is 30.2 Å². The quantitative estimate of drug-likeness (QED) is 0.652. The van der Waals surface area contributed by atoms with Gasteiger partial charge in [-0.3, -0.25) is 4.79 Å². The molecule has 1 heterocycles. The lowest BCUT2D eigenvalue weighted by Crippen LogP contribution is -2.07. The maximum Gasteiger partial charge on any atom is 0.303 e. The minimum Gasteiger partial charge on any atom is -0.481 e. The first-order valence-electron chi connectivity index (χ1n) is 8.13. The van der Waals surface area contributed by atoms with Crippen molar-refractivity contribution in [1.29, 1.82) is 5.26 Å². The van der Waals surface area contributed by atoms with Gasteiger partial charge >= 0.3 is 5.97 Å². The van der Waals surface area contributed by atoms with E-state index in [4.69, 9.17) is 5.11 Å². The third kappa shape index (κ3) is 3.62. The van der Waals surface area contributed by atoms with Crippen LogP contribution in [0.15, 0.2) is 48.7 Å². The number of aromatic nitrogens is 1. The molecule has 0 fully saturated rings. The Morgan fingerprint density at radius 2 is 2.08 bits per heavy atom. The second kappa shape index (κ2) is 7.62. The fourth-order valence-corrected chi connectivity index (χ4v) is 2.86. The van der Waals surface area contributed by atoms with Gasteiger partial charge in [-0.15, -0.1) is 0 Å². The molecule has 0 saturated heterocycles. The molecule has 0 amide bonds. The standard InChI is InChI=1S/C20H16FN3O2/c21-15-6-1-4-13(10-15)17-12-24-20(23-9-3-8-18(25)26)16-7-2-5-14(11-22)19(16)17/h1-2,4-7,10,12H,3,8-9H2,(H,23,24)(H,25,26). The molecule has 0 atom stereocenters. The molecule has 0 aliphatic heterocycles. The molecular weight excluding hydrogens is 333 g/mol. The maximum atomic E-state index is 13.6. The van der Waals surface area contributed by atoms with Crippen LogP contribution in [0.4, 0.5) is 10.2 Å². The van der Waals surface area contributed by atoms with Gasteiger partial charge in [-0.25, -0.2) is 9.37 Å². The molecule has 26 heavy (non-hydrogen) atoms. The van der Waals surface area contributed by atoms with Gasteiger partial charge in [0, 0.05) is 35.5 Å². The number of rotatable bonds is 6. The Morgan fingerprint density at radius 3 is 2.81 bits per heavy atom. The van der Waals surface area contributed by atoms with E-state index in [2.05, 4.69) is 16.4 Å². The molecule has 6 heteroatoms. The summed E-state index contributed by atoms with van der Waals surface area (Å²) in [5, 5.41) is 22.8. The van der Waals surface area contributed by atoms with Crippen LogP contribution < -0.4 is 5.32 Å². The lowest BCUT2D eigenvalue weighted by atomic mass is 9.96. The van der Waals surface area contributed by atoms with E-state index in [1.54, 1.807) is 30.5 Å². The molecule has 0 saturated carbocycles. The van der Waals surface area contributed by atoms with Crippen molar-refractivity contribution in [3.63, 3.8) is 0 Å². The van der Waals surface area contributed by atoms with Gasteiger partial charge in [-0.2, -0.15) is 5.26 Å². The molecule has 3 aromatic rings. The Hall–Kier alpha value is -3.46. The van der Waals surface area contributed by atoms with Crippen LogP contribution >= 0.6 is 0 Å². The first kappa shape index (κ1) is 17.4. The van der Waals surface area contributed by atoms with Gasteiger partial charge in [0.2, 0.25) is 0 Å². The van der Waals surface area contributed by atoms with Crippen molar-refractivity contribution in [2.75, 3.05) is 11.9 Å². The number of carboxylic acid groups (broad SMARTS) is 1. The molecule has 2 N–H and O–H groups in total. The Balaban J connectivity index is 2.07. The molecule has 3 rings (SSSR count). The molecule has 1 aromatic heterocycles. The van der Waals surface area contributed by atoms with Gasteiger partial charge in [0.25, 0.3) is 0 Å². The topological polar surface area (TPSA) is 86.0 Å². The SMILES string of the molecule is N#Cc1cccc2c(NCCCC(=O)O)ncc(-c3cccc(F)c3)c12. The maximum absolute atomic E-state index is 13.6. The predicted octanol–water partition coefficient (Wildman–Crippen LogP) is 4.19. The van der Waals surface area contributed by atoms with Crippen molar-refractivity contribution < 1.29 is 14.3 Å². The largest absolute Gasteiger partial charge is 0.481 e. The van der Waals surface area contributed by atoms with Crippen molar-refractivity contribution in [3.05, 3.63) is 60.0 Å². The van der Waals surface area contributed by atoms with Crippen LogP contribution in [0, 0.1) is 17.1 Å². The number of nitrogens with zero attached hydrogens (tertiary/aromatic N) is 2. The Bertz CT molecular complexity index is 1010. The van der Waals surface area contributed by atoms with E-state index >= 15 is 0 Å². The van der Waals surface area contributed by atoms with E-state index in [1.165, 1.54) is 12.1 Å². The van der Waals surface area contributed by atoms with E-state index in [0.29, 0.717) is 40.9 Å². The second-order valence-electron chi connectivity index (χ2n) is 5.79. The fraction of sp³-hybridized carbons (Fsp3) is 0.150. The van der Waals surface area contributed by atoms with Crippen LogP contribution in [0.1, 0.15) is 18.4 Å². The number of fused-ring (bicyclic) bond motifs is 1. The molecule has 0 aliphatic rings. The Morgan fingerprint density at radius 1 is 1.27 bits per heavy atom. The number of anilines is 1. The molecule has 130 valence electrons. The number of halogens is 1. The monoisotopic (exact) mass is 349 g/mol. The van der Waals surface area contributed by atoms with Crippen molar-refractivity contribution in [2.24, 2.45) is 0 Å². The van der Waals surface area contributed by atoms with Crippen molar-refractivity contribution >= 4 is 22.6 Å². The number of carbonyl (C=O) groups is 1. The lowest BCUT2D eigenvalue weighted by molar-refractivity contribution is -0.137. The number of pyridine rings is 1. The van der Waals surface area contributed by atoms with E-state index in [1.807, 2.05) is 6.07 Å². The molecule has 0 aliphatic carbocycles. The fourth-order valence-electron chi connectivity index (χ4n) is 2.86. The molecule has 0 bridgehead atoms. The number of aliphatic carboxylic acids is 1. The number of nitriles is 1. The number of hydrogen-bond donors (Lipinski definition) is 2. The highest BCUT2D eigenvalue weighted by Crippen LogP contribution is 2.34. The summed E-state index contributed by atoms with van der Waals surface area (Å²) in [4.78, 5) is 15.0. The smallest absolute Gasteiger partial charge is 0.303 e. The number of carboxylic acids is 1. The summed E-state index contributed by atoms with van der Waals surface area (Å²) < 4.78 is 13.6. The van der Waals surface area contributed by atoms with E-state index in [9.17, 15) is 14.4 Å². The summed E-state index contributed by atoms with van der Waals surface area (Å²) in [6, 6.07) is 13.6. The highest BCUT2D eigenvalue weighted by molar-refractivity contribution is 6.04. The lowest BCUT2D eigenvalue weighted by Gasteiger charge is -2.13. The Kier molecular flexibility index (Phi) is 5.09. The normalized spacial score (nSPS) is 10.5. The first-order chi connectivity index (χ1) is 12.6. The van der Waals surface area contributed by atoms with Gasteiger partial charge in [0.15, 0.2) is 0 Å². The van der Waals surface area contributed by atoms with Gasteiger partial charge in [0.1, 0.15) is 11.6 Å². The Labute approximate surface area is 149 Å². The summed E-state index contributed by atoms with van der Waals surface area (Å²) in [7, 11) is 0. The first-order valence-corrected chi connectivity index (χ1v) is 8.13. The van der Waals surface area contributed by atoms with Crippen molar-refractivity contribution in [1.82, 2.24) is 4.98 Å². The van der Waals surface area contributed by atoms with Crippen LogP contribution in [-0.4, -0.2) is 22.6 Å². The second-order valence-corrected chi connectivity index (χ2v) is 5.79. The third-order valence-corrected chi connectivity index (χ3v) is 4.03. The van der Waals surface area contributed by atoms with Crippen LogP contribution in [0.25, 0.3) is 21.9 Å². The van der Waals surface area contributed by atoms with E-state index in [-0.39, 0.29) is 12.2 Å². The zero-order valence-corrected chi connectivity index (χ0v) is 13.9. The minimum atomic E-state index is -0.849. The zero-order valence-electron chi connectivity index (χ0n) is 13.9. The molecule has 0 spiro atoms.